The second-order valence-electron chi connectivity index (χ2n) is 6.32. The van der Waals surface area contributed by atoms with Crippen LogP contribution in [0.15, 0.2) is 0 Å². The van der Waals surface area contributed by atoms with Gasteiger partial charge in [-0.1, -0.05) is 19.8 Å². The van der Waals surface area contributed by atoms with Crippen LogP contribution in [0.25, 0.3) is 0 Å². The zero-order valence-electron chi connectivity index (χ0n) is 12.4. The molecule has 2 aliphatic rings. The molecule has 20 heavy (non-hydrogen) atoms. The summed E-state index contributed by atoms with van der Waals surface area (Å²) in [6, 6.07) is 0. The number of nitrogens with zero attached hydrogens (tertiary/aromatic N) is 1. The minimum atomic E-state index is -0.822. The van der Waals surface area contributed by atoms with E-state index in [2.05, 4.69) is 0 Å². The first kappa shape index (κ1) is 15.3. The zero-order valence-corrected chi connectivity index (χ0v) is 12.4. The van der Waals surface area contributed by atoms with Crippen LogP contribution in [0.3, 0.4) is 0 Å². The Hall–Kier alpha value is -1.10. The molecule has 1 heterocycles. The number of carbonyl (C=O) groups excluding carboxylic acids is 1. The number of hydrogen-bond acceptors (Lipinski definition) is 3. The summed E-state index contributed by atoms with van der Waals surface area (Å²) in [5, 5.41) is 9.23. The van der Waals surface area contributed by atoms with Crippen molar-refractivity contribution >= 4 is 11.9 Å². The molecular weight excluding hydrogens is 258 g/mol. The van der Waals surface area contributed by atoms with Crippen LogP contribution in [0.1, 0.15) is 52.4 Å². The van der Waals surface area contributed by atoms with Gasteiger partial charge in [-0.25, -0.2) is 0 Å². The maximum Gasteiger partial charge on any atom is 0.311 e. The molecule has 1 aliphatic carbocycles. The highest BCUT2D eigenvalue weighted by atomic mass is 16.5. The van der Waals surface area contributed by atoms with Crippen LogP contribution in [0.2, 0.25) is 0 Å². The largest absolute Gasteiger partial charge is 0.481 e. The first-order valence-corrected chi connectivity index (χ1v) is 7.64. The number of carboxylic acids is 1. The second-order valence-corrected chi connectivity index (χ2v) is 6.32. The quantitative estimate of drug-likeness (QED) is 0.838. The molecule has 2 fully saturated rings. The first-order chi connectivity index (χ1) is 9.46. The monoisotopic (exact) mass is 283 g/mol. The molecule has 1 amide bonds. The van der Waals surface area contributed by atoms with E-state index in [1.807, 2.05) is 6.92 Å². The lowest BCUT2D eigenvalue weighted by atomic mass is 9.90. The normalized spacial score (nSPS) is 28.8. The SMILES string of the molecule is CC[C@@H](OC1CCCC1)C(=O)N1CC[C@@](C)(C(=O)O)C1. The van der Waals surface area contributed by atoms with Gasteiger partial charge in [-0.15, -0.1) is 0 Å². The number of ether oxygens (including phenoxy) is 1. The molecule has 1 N–H and O–H groups in total. The van der Waals surface area contributed by atoms with Crippen LogP contribution in [0, 0.1) is 5.41 Å². The van der Waals surface area contributed by atoms with Crippen molar-refractivity contribution in [2.75, 3.05) is 13.1 Å². The third-order valence-corrected chi connectivity index (χ3v) is 4.61. The van der Waals surface area contributed by atoms with Crippen LogP contribution < -0.4 is 0 Å². The lowest BCUT2D eigenvalue weighted by molar-refractivity contribution is -0.150. The number of carbonyl (C=O) groups is 2. The molecule has 5 heteroatoms. The Morgan fingerprint density at radius 1 is 1.40 bits per heavy atom. The summed E-state index contributed by atoms with van der Waals surface area (Å²) >= 11 is 0. The Kier molecular flexibility index (Phi) is 4.68. The Balaban J connectivity index is 1.93. The summed E-state index contributed by atoms with van der Waals surface area (Å²) in [5.74, 6) is -0.859. The van der Waals surface area contributed by atoms with Crippen molar-refractivity contribution in [3.63, 3.8) is 0 Å². The molecule has 1 saturated carbocycles. The van der Waals surface area contributed by atoms with E-state index < -0.39 is 17.5 Å². The standard InChI is InChI=1S/C15H25NO4/c1-3-12(20-11-6-4-5-7-11)13(17)16-9-8-15(2,10-16)14(18)19/h11-12H,3-10H2,1-2H3,(H,18,19)/t12-,15-/m1/s1. The fourth-order valence-electron chi connectivity index (χ4n) is 3.11. The van der Waals surface area contributed by atoms with Gasteiger partial charge in [0.25, 0.3) is 5.91 Å². The van der Waals surface area contributed by atoms with Crippen molar-refractivity contribution in [3.8, 4) is 0 Å². The topological polar surface area (TPSA) is 66.8 Å². The molecule has 0 unspecified atom stereocenters. The van der Waals surface area contributed by atoms with E-state index in [0.717, 1.165) is 12.8 Å². The number of amides is 1. The summed E-state index contributed by atoms with van der Waals surface area (Å²) in [7, 11) is 0. The lowest BCUT2D eigenvalue weighted by Gasteiger charge is -2.26. The van der Waals surface area contributed by atoms with Gasteiger partial charge < -0.3 is 14.7 Å². The van der Waals surface area contributed by atoms with Gasteiger partial charge >= 0.3 is 5.97 Å². The predicted octanol–water partition coefficient (Wildman–Crippen LogP) is 2.05. The lowest BCUT2D eigenvalue weighted by Crippen LogP contribution is -2.42. The molecule has 1 aliphatic heterocycles. The van der Waals surface area contributed by atoms with Crippen molar-refractivity contribution < 1.29 is 19.4 Å². The Morgan fingerprint density at radius 2 is 2.05 bits per heavy atom. The molecule has 2 atom stereocenters. The average Bonchev–Trinajstić information content (AvgIpc) is 3.05. The van der Waals surface area contributed by atoms with Gasteiger partial charge in [0.1, 0.15) is 6.10 Å². The number of rotatable bonds is 5. The number of hydrogen-bond donors (Lipinski definition) is 1. The molecule has 0 spiro atoms. The van der Waals surface area contributed by atoms with Crippen molar-refractivity contribution in [3.05, 3.63) is 0 Å². The molecule has 0 bridgehead atoms. The third-order valence-electron chi connectivity index (χ3n) is 4.61. The molecular formula is C15H25NO4. The first-order valence-electron chi connectivity index (χ1n) is 7.64. The van der Waals surface area contributed by atoms with E-state index in [1.165, 1.54) is 12.8 Å². The van der Waals surface area contributed by atoms with Crippen molar-refractivity contribution in [1.29, 1.82) is 0 Å². The Morgan fingerprint density at radius 3 is 2.55 bits per heavy atom. The maximum atomic E-state index is 12.5. The van der Waals surface area contributed by atoms with Crippen LogP contribution in [-0.4, -0.2) is 47.2 Å². The molecule has 0 aromatic carbocycles. The fourth-order valence-corrected chi connectivity index (χ4v) is 3.11. The summed E-state index contributed by atoms with van der Waals surface area (Å²) in [6.45, 7) is 4.48. The van der Waals surface area contributed by atoms with E-state index in [1.54, 1.807) is 11.8 Å². The Labute approximate surface area is 120 Å². The minimum absolute atomic E-state index is 0.0376. The molecule has 0 radical (unpaired) electrons. The second kappa shape index (κ2) is 6.12. The van der Waals surface area contributed by atoms with E-state index in [-0.39, 0.29) is 12.0 Å². The number of likely N-dealkylation sites (tertiary alicyclic amines) is 1. The van der Waals surface area contributed by atoms with Gasteiger partial charge in [0.15, 0.2) is 0 Å². The van der Waals surface area contributed by atoms with Crippen LogP contribution in [0.4, 0.5) is 0 Å². The Bertz CT molecular complexity index is 378. The van der Waals surface area contributed by atoms with Gasteiger partial charge in [0, 0.05) is 13.1 Å². The molecule has 0 aromatic rings. The highest BCUT2D eigenvalue weighted by Gasteiger charge is 2.43. The summed E-state index contributed by atoms with van der Waals surface area (Å²) in [6.07, 6.45) is 5.40. The molecule has 2 rings (SSSR count). The third kappa shape index (κ3) is 3.14. The van der Waals surface area contributed by atoms with E-state index >= 15 is 0 Å². The van der Waals surface area contributed by atoms with E-state index in [0.29, 0.717) is 25.9 Å². The van der Waals surface area contributed by atoms with Crippen molar-refractivity contribution in [2.45, 2.75) is 64.6 Å². The highest BCUT2D eigenvalue weighted by Crippen LogP contribution is 2.31. The van der Waals surface area contributed by atoms with Gasteiger partial charge in [0.2, 0.25) is 0 Å². The molecule has 5 nitrogen and oxygen atoms in total. The molecule has 114 valence electrons. The van der Waals surface area contributed by atoms with Gasteiger partial charge in [-0.3, -0.25) is 9.59 Å². The van der Waals surface area contributed by atoms with E-state index in [9.17, 15) is 14.7 Å². The summed E-state index contributed by atoms with van der Waals surface area (Å²) < 4.78 is 5.92. The zero-order chi connectivity index (χ0) is 14.8. The number of carboxylic acid groups (broad SMARTS) is 1. The smallest absolute Gasteiger partial charge is 0.311 e. The van der Waals surface area contributed by atoms with Crippen LogP contribution >= 0.6 is 0 Å². The average molecular weight is 283 g/mol. The fraction of sp³-hybridized carbons (Fsp3) is 0.867. The molecule has 0 aromatic heterocycles. The van der Waals surface area contributed by atoms with Gasteiger partial charge in [-0.2, -0.15) is 0 Å². The van der Waals surface area contributed by atoms with Crippen LogP contribution in [0.5, 0.6) is 0 Å². The predicted molar refractivity (Wildman–Crippen MR) is 74.4 cm³/mol. The number of aliphatic carboxylic acids is 1. The van der Waals surface area contributed by atoms with Gasteiger partial charge in [-0.05, 0) is 32.6 Å². The minimum Gasteiger partial charge on any atom is -0.481 e. The van der Waals surface area contributed by atoms with Crippen LogP contribution in [-0.2, 0) is 14.3 Å². The summed E-state index contributed by atoms with van der Waals surface area (Å²) in [4.78, 5) is 25.4. The van der Waals surface area contributed by atoms with Crippen molar-refractivity contribution in [1.82, 2.24) is 4.90 Å². The maximum absolute atomic E-state index is 12.5. The summed E-state index contributed by atoms with van der Waals surface area (Å²) in [5.41, 5.74) is -0.804. The highest BCUT2D eigenvalue weighted by molar-refractivity contribution is 5.83. The van der Waals surface area contributed by atoms with Crippen molar-refractivity contribution in [2.24, 2.45) is 5.41 Å². The van der Waals surface area contributed by atoms with Gasteiger partial charge in [0.05, 0.1) is 11.5 Å². The van der Waals surface area contributed by atoms with E-state index in [4.69, 9.17) is 4.74 Å². The molecule has 1 saturated heterocycles.